The number of rotatable bonds is 6. The minimum Gasteiger partial charge on any atom is -0.486 e. The third kappa shape index (κ3) is 4.05. The molecule has 1 aromatic carbocycles. The van der Waals surface area contributed by atoms with Crippen molar-refractivity contribution in [2.75, 3.05) is 25.5 Å². The van der Waals surface area contributed by atoms with E-state index in [0.29, 0.717) is 13.2 Å². The van der Waals surface area contributed by atoms with Gasteiger partial charge in [0.1, 0.15) is 19.3 Å². The van der Waals surface area contributed by atoms with Crippen molar-refractivity contribution in [1.82, 2.24) is 5.32 Å². The Kier molecular flexibility index (Phi) is 5.37. The quantitative estimate of drug-likeness (QED) is 0.810. The van der Waals surface area contributed by atoms with E-state index < -0.39 is 0 Å². The van der Waals surface area contributed by atoms with Crippen LogP contribution in [0.5, 0.6) is 11.5 Å². The van der Waals surface area contributed by atoms with E-state index >= 15 is 0 Å². The number of nitriles is 1. The Morgan fingerprint density at radius 3 is 2.89 bits per heavy atom. The van der Waals surface area contributed by atoms with Gasteiger partial charge in [-0.2, -0.15) is 5.26 Å². The summed E-state index contributed by atoms with van der Waals surface area (Å²) in [5, 5.41) is 12.3. The van der Waals surface area contributed by atoms with Crippen LogP contribution in [0, 0.1) is 11.3 Å². The summed E-state index contributed by atoms with van der Waals surface area (Å²) >= 11 is 1.66. The Bertz CT molecular complexity index is 459. The van der Waals surface area contributed by atoms with Crippen molar-refractivity contribution in [1.29, 1.82) is 5.26 Å². The molecule has 1 N–H and O–H groups in total. The highest BCUT2D eigenvalue weighted by Crippen LogP contribution is 2.34. The Morgan fingerprint density at radius 1 is 1.37 bits per heavy atom. The summed E-state index contributed by atoms with van der Waals surface area (Å²) in [4.78, 5) is 1.10. The van der Waals surface area contributed by atoms with Gasteiger partial charge in [-0.25, -0.2) is 0 Å². The van der Waals surface area contributed by atoms with Crippen molar-refractivity contribution in [3.8, 4) is 17.6 Å². The highest BCUT2D eigenvalue weighted by Gasteiger charge is 2.13. The molecule has 102 valence electrons. The summed E-state index contributed by atoms with van der Waals surface area (Å²) < 4.78 is 11.0. The van der Waals surface area contributed by atoms with Crippen molar-refractivity contribution < 1.29 is 9.47 Å². The van der Waals surface area contributed by atoms with E-state index in [1.165, 1.54) is 0 Å². The standard InChI is InChI=1S/C14H18N2O2S/c1-2-5-16-11(9-15)10-19-12-3-4-13-14(8-12)18-7-6-17-13/h3-4,8,11,16H,2,5-7,10H2,1H3. The Balaban J connectivity index is 1.90. The van der Waals surface area contributed by atoms with Gasteiger partial charge in [-0.1, -0.05) is 6.92 Å². The van der Waals surface area contributed by atoms with Gasteiger partial charge in [0.05, 0.1) is 6.07 Å². The number of ether oxygens (including phenoxy) is 2. The molecule has 1 heterocycles. The molecule has 5 heteroatoms. The maximum absolute atomic E-state index is 9.05. The molecule has 1 aliphatic heterocycles. The molecule has 1 aromatic rings. The van der Waals surface area contributed by atoms with Crippen molar-refractivity contribution >= 4 is 11.8 Å². The minimum absolute atomic E-state index is 0.113. The molecule has 1 unspecified atom stereocenters. The molecular weight excluding hydrogens is 260 g/mol. The number of hydrogen-bond donors (Lipinski definition) is 1. The summed E-state index contributed by atoms with van der Waals surface area (Å²) in [6.07, 6.45) is 1.03. The number of hydrogen-bond acceptors (Lipinski definition) is 5. The third-order valence-electron chi connectivity index (χ3n) is 2.73. The van der Waals surface area contributed by atoms with E-state index in [0.717, 1.165) is 35.1 Å². The number of fused-ring (bicyclic) bond motifs is 1. The van der Waals surface area contributed by atoms with Crippen LogP contribution in [0.3, 0.4) is 0 Å². The van der Waals surface area contributed by atoms with Gasteiger partial charge in [-0.3, -0.25) is 0 Å². The molecule has 19 heavy (non-hydrogen) atoms. The summed E-state index contributed by atoms with van der Waals surface area (Å²) in [7, 11) is 0. The molecule has 0 radical (unpaired) electrons. The molecule has 1 atom stereocenters. The number of benzene rings is 1. The molecular formula is C14H18N2O2S. The van der Waals surface area contributed by atoms with Crippen molar-refractivity contribution in [2.24, 2.45) is 0 Å². The van der Waals surface area contributed by atoms with E-state index in [1.54, 1.807) is 11.8 Å². The van der Waals surface area contributed by atoms with Gasteiger partial charge in [-0.15, -0.1) is 11.8 Å². The zero-order valence-electron chi connectivity index (χ0n) is 11.0. The molecule has 4 nitrogen and oxygen atoms in total. The topological polar surface area (TPSA) is 54.3 Å². The normalized spacial score (nSPS) is 14.7. The predicted molar refractivity (Wildman–Crippen MR) is 75.9 cm³/mol. The van der Waals surface area contributed by atoms with E-state index in [1.807, 2.05) is 18.2 Å². The van der Waals surface area contributed by atoms with Crippen LogP contribution in [0.4, 0.5) is 0 Å². The van der Waals surface area contributed by atoms with Crippen molar-refractivity contribution in [2.45, 2.75) is 24.3 Å². The number of nitrogens with one attached hydrogen (secondary N) is 1. The fraction of sp³-hybridized carbons (Fsp3) is 0.500. The van der Waals surface area contributed by atoms with Gasteiger partial charge in [0.25, 0.3) is 0 Å². The predicted octanol–water partition coefficient (Wildman–Crippen LogP) is 2.44. The van der Waals surface area contributed by atoms with Crippen LogP contribution in [0.2, 0.25) is 0 Å². The highest BCUT2D eigenvalue weighted by atomic mass is 32.2. The Labute approximate surface area is 118 Å². The molecule has 2 rings (SSSR count). The first-order valence-corrected chi connectivity index (χ1v) is 7.47. The Hall–Kier alpha value is -1.38. The molecule has 0 saturated heterocycles. The first kappa shape index (κ1) is 14.0. The van der Waals surface area contributed by atoms with Crippen LogP contribution in [-0.2, 0) is 0 Å². The first-order valence-electron chi connectivity index (χ1n) is 6.49. The smallest absolute Gasteiger partial charge is 0.162 e. The second-order valence-electron chi connectivity index (χ2n) is 4.25. The molecule has 1 aliphatic rings. The van der Waals surface area contributed by atoms with E-state index in [2.05, 4.69) is 18.3 Å². The lowest BCUT2D eigenvalue weighted by Crippen LogP contribution is -2.30. The molecule has 0 spiro atoms. The average molecular weight is 278 g/mol. The summed E-state index contributed by atoms with van der Waals surface area (Å²) in [5.74, 6) is 2.33. The second-order valence-corrected chi connectivity index (χ2v) is 5.35. The maximum atomic E-state index is 9.05. The van der Waals surface area contributed by atoms with Crippen LogP contribution in [0.1, 0.15) is 13.3 Å². The summed E-state index contributed by atoms with van der Waals surface area (Å²) in [6, 6.07) is 8.08. The van der Waals surface area contributed by atoms with Gasteiger partial charge in [0.15, 0.2) is 11.5 Å². The fourth-order valence-electron chi connectivity index (χ4n) is 1.75. The molecule has 0 bridgehead atoms. The Morgan fingerprint density at radius 2 is 2.16 bits per heavy atom. The SMILES string of the molecule is CCCNC(C#N)CSc1ccc2c(c1)OCCO2. The van der Waals surface area contributed by atoms with E-state index in [9.17, 15) is 0 Å². The van der Waals surface area contributed by atoms with Crippen LogP contribution in [0.15, 0.2) is 23.1 Å². The monoisotopic (exact) mass is 278 g/mol. The highest BCUT2D eigenvalue weighted by molar-refractivity contribution is 7.99. The van der Waals surface area contributed by atoms with Crippen molar-refractivity contribution in [3.05, 3.63) is 18.2 Å². The maximum Gasteiger partial charge on any atom is 0.162 e. The van der Waals surface area contributed by atoms with Gasteiger partial charge < -0.3 is 14.8 Å². The molecule has 0 amide bonds. The second kappa shape index (κ2) is 7.27. The fourth-order valence-corrected chi connectivity index (χ4v) is 2.66. The van der Waals surface area contributed by atoms with Gasteiger partial charge in [0, 0.05) is 10.6 Å². The molecule has 0 fully saturated rings. The lowest BCUT2D eigenvalue weighted by atomic mass is 10.3. The van der Waals surface area contributed by atoms with Crippen LogP contribution >= 0.6 is 11.8 Å². The molecule has 0 saturated carbocycles. The van der Waals surface area contributed by atoms with Crippen molar-refractivity contribution in [3.63, 3.8) is 0 Å². The largest absolute Gasteiger partial charge is 0.486 e. The van der Waals surface area contributed by atoms with E-state index in [4.69, 9.17) is 14.7 Å². The molecule has 0 aliphatic carbocycles. The van der Waals surface area contributed by atoms with Gasteiger partial charge in [0.2, 0.25) is 0 Å². The van der Waals surface area contributed by atoms with E-state index in [-0.39, 0.29) is 6.04 Å². The van der Waals surface area contributed by atoms with Crippen LogP contribution in [-0.4, -0.2) is 31.6 Å². The summed E-state index contributed by atoms with van der Waals surface area (Å²) in [5.41, 5.74) is 0. The first-order chi connectivity index (χ1) is 9.33. The zero-order valence-corrected chi connectivity index (χ0v) is 11.8. The summed E-state index contributed by atoms with van der Waals surface area (Å²) in [6.45, 7) is 4.17. The van der Waals surface area contributed by atoms with Gasteiger partial charge in [-0.05, 0) is 31.2 Å². The lowest BCUT2D eigenvalue weighted by molar-refractivity contribution is 0.171. The minimum atomic E-state index is -0.113. The zero-order chi connectivity index (χ0) is 13.5. The lowest BCUT2D eigenvalue weighted by Gasteiger charge is -2.19. The number of thioether (sulfide) groups is 1. The van der Waals surface area contributed by atoms with Crippen LogP contribution in [0.25, 0.3) is 0 Å². The third-order valence-corrected chi connectivity index (χ3v) is 3.81. The van der Waals surface area contributed by atoms with Gasteiger partial charge >= 0.3 is 0 Å². The molecule has 0 aromatic heterocycles. The number of nitrogens with zero attached hydrogens (tertiary/aromatic N) is 1. The average Bonchev–Trinajstić information content (AvgIpc) is 2.47. The van der Waals surface area contributed by atoms with Crippen LogP contribution < -0.4 is 14.8 Å².